The Kier molecular flexibility index (Phi) is 4.24. The third-order valence-corrected chi connectivity index (χ3v) is 1.75. The van der Waals surface area contributed by atoms with Crippen molar-refractivity contribution < 1.29 is 27.6 Å². The van der Waals surface area contributed by atoms with E-state index < -0.39 is 24.2 Å². The Bertz CT molecular complexity index is 473. The quantitative estimate of drug-likeness (QED) is 0.576. The van der Waals surface area contributed by atoms with Gasteiger partial charge in [-0.1, -0.05) is 6.07 Å². The summed E-state index contributed by atoms with van der Waals surface area (Å²) in [6.45, 7) is 0. The smallest absolute Gasteiger partial charge is 0.296 e. The molecule has 0 aliphatic heterocycles. The molecule has 0 bridgehead atoms. The number of anilines is 3. The zero-order valence-electron chi connectivity index (χ0n) is 8.59. The van der Waals surface area contributed by atoms with Gasteiger partial charge < -0.3 is 0 Å². The second-order valence-corrected chi connectivity index (χ2v) is 2.92. The highest BCUT2D eigenvalue weighted by atomic mass is 19.1. The van der Waals surface area contributed by atoms with Crippen LogP contribution < -0.4 is 16.0 Å². The SMILES string of the molecule is O=C(F)Nc1cccc(NC(=O)F)c1NC(=O)F. The van der Waals surface area contributed by atoms with Crippen LogP contribution in [0.5, 0.6) is 0 Å². The summed E-state index contributed by atoms with van der Waals surface area (Å²) in [7, 11) is 0. The lowest BCUT2D eigenvalue weighted by Gasteiger charge is -2.12. The monoisotopic (exact) mass is 261 g/mol. The van der Waals surface area contributed by atoms with Crippen LogP contribution in [0.2, 0.25) is 0 Å². The minimum absolute atomic E-state index is 0.347. The van der Waals surface area contributed by atoms with Gasteiger partial charge in [0.25, 0.3) is 0 Å². The van der Waals surface area contributed by atoms with Crippen LogP contribution >= 0.6 is 0 Å². The summed E-state index contributed by atoms with van der Waals surface area (Å²) in [4.78, 5) is 30.8. The van der Waals surface area contributed by atoms with E-state index in [1.54, 1.807) is 16.0 Å². The zero-order chi connectivity index (χ0) is 13.7. The van der Waals surface area contributed by atoms with Crippen molar-refractivity contribution in [1.82, 2.24) is 0 Å². The summed E-state index contributed by atoms with van der Waals surface area (Å²) in [5.41, 5.74) is -1.18. The number of carbonyl (C=O) groups is 3. The molecular weight excluding hydrogens is 255 g/mol. The molecule has 18 heavy (non-hydrogen) atoms. The molecule has 0 radical (unpaired) electrons. The first-order chi connectivity index (χ1) is 8.40. The molecule has 0 atom stereocenters. The average molecular weight is 261 g/mol. The molecule has 3 amide bonds. The van der Waals surface area contributed by atoms with Gasteiger partial charge in [-0.15, -0.1) is 13.2 Å². The van der Waals surface area contributed by atoms with Crippen molar-refractivity contribution >= 4 is 35.5 Å². The molecule has 6 nitrogen and oxygen atoms in total. The van der Waals surface area contributed by atoms with Crippen LogP contribution in [0.25, 0.3) is 0 Å². The van der Waals surface area contributed by atoms with Gasteiger partial charge in [0.1, 0.15) is 0 Å². The highest BCUT2D eigenvalue weighted by molar-refractivity contribution is 6.02. The predicted molar refractivity (Wildman–Crippen MR) is 56.8 cm³/mol. The Balaban J connectivity index is 3.19. The van der Waals surface area contributed by atoms with Gasteiger partial charge in [0, 0.05) is 0 Å². The first-order valence-corrected chi connectivity index (χ1v) is 4.42. The molecule has 9 heteroatoms. The molecule has 1 aromatic carbocycles. The highest BCUT2D eigenvalue weighted by Crippen LogP contribution is 2.31. The molecule has 1 aromatic rings. The van der Waals surface area contributed by atoms with E-state index in [2.05, 4.69) is 0 Å². The number of benzene rings is 1. The fourth-order valence-electron chi connectivity index (χ4n) is 1.21. The van der Waals surface area contributed by atoms with Crippen molar-refractivity contribution in [3.05, 3.63) is 18.2 Å². The van der Waals surface area contributed by atoms with Gasteiger partial charge in [0.05, 0.1) is 17.1 Å². The lowest BCUT2D eigenvalue weighted by Crippen LogP contribution is -2.13. The lowest BCUT2D eigenvalue weighted by atomic mass is 10.2. The van der Waals surface area contributed by atoms with E-state index in [-0.39, 0.29) is 11.4 Å². The van der Waals surface area contributed by atoms with E-state index in [0.717, 1.165) is 12.1 Å². The second kappa shape index (κ2) is 5.66. The van der Waals surface area contributed by atoms with Crippen molar-refractivity contribution in [1.29, 1.82) is 0 Å². The van der Waals surface area contributed by atoms with Crippen molar-refractivity contribution in [2.75, 3.05) is 16.0 Å². The van der Waals surface area contributed by atoms with Crippen LogP contribution in [0.15, 0.2) is 18.2 Å². The lowest BCUT2D eigenvalue weighted by molar-refractivity contribution is 0.233. The van der Waals surface area contributed by atoms with Gasteiger partial charge in [-0.3, -0.25) is 16.0 Å². The Hall–Kier alpha value is -2.58. The molecule has 0 unspecified atom stereocenters. The molecular formula is C9H6F3N3O3. The van der Waals surface area contributed by atoms with Crippen LogP contribution in [0, 0.1) is 0 Å². The van der Waals surface area contributed by atoms with Crippen LogP contribution in [-0.4, -0.2) is 18.5 Å². The molecule has 0 fully saturated rings. The van der Waals surface area contributed by atoms with Gasteiger partial charge in [0.15, 0.2) is 0 Å². The van der Waals surface area contributed by atoms with E-state index in [1.807, 2.05) is 0 Å². The van der Waals surface area contributed by atoms with Crippen molar-refractivity contribution in [3.8, 4) is 0 Å². The molecule has 0 aliphatic carbocycles. The molecule has 0 saturated carbocycles. The topological polar surface area (TPSA) is 87.3 Å². The summed E-state index contributed by atoms with van der Waals surface area (Å²) in [6.07, 6.45) is -5.99. The van der Waals surface area contributed by atoms with Crippen LogP contribution in [-0.2, 0) is 0 Å². The van der Waals surface area contributed by atoms with Gasteiger partial charge in [-0.2, -0.15) is 0 Å². The normalized spacial score (nSPS) is 9.50. The molecule has 0 heterocycles. The molecule has 0 spiro atoms. The highest BCUT2D eigenvalue weighted by Gasteiger charge is 2.14. The maximum Gasteiger partial charge on any atom is 0.402 e. The van der Waals surface area contributed by atoms with Crippen molar-refractivity contribution in [3.63, 3.8) is 0 Å². The van der Waals surface area contributed by atoms with E-state index in [9.17, 15) is 27.6 Å². The summed E-state index contributed by atoms with van der Waals surface area (Å²) < 4.78 is 36.6. The number of nitrogens with one attached hydrogen (secondary N) is 3. The fourth-order valence-corrected chi connectivity index (χ4v) is 1.21. The number of halogens is 3. The minimum atomic E-state index is -2.04. The van der Waals surface area contributed by atoms with Gasteiger partial charge >= 0.3 is 18.5 Å². The Morgan fingerprint density at radius 2 is 1.17 bits per heavy atom. The van der Waals surface area contributed by atoms with Crippen LogP contribution in [0.1, 0.15) is 0 Å². The van der Waals surface area contributed by atoms with E-state index in [1.165, 1.54) is 6.07 Å². The predicted octanol–water partition coefficient (Wildman–Crippen LogP) is 3.19. The number of hydrogen-bond acceptors (Lipinski definition) is 3. The van der Waals surface area contributed by atoms with Crippen LogP contribution in [0.4, 0.5) is 44.6 Å². The number of rotatable bonds is 3. The van der Waals surface area contributed by atoms with Crippen LogP contribution in [0.3, 0.4) is 0 Å². The summed E-state index contributed by atoms with van der Waals surface area (Å²) in [5, 5.41) is 4.85. The number of para-hydroxylation sites is 1. The largest absolute Gasteiger partial charge is 0.402 e. The van der Waals surface area contributed by atoms with Gasteiger partial charge in [-0.25, -0.2) is 14.4 Å². The summed E-state index contributed by atoms with van der Waals surface area (Å²) >= 11 is 0. The maximum absolute atomic E-state index is 12.3. The first kappa shape index (κ1) is 13.5. The van der Waals surface area contributed by atoms with Crippen molar-refractivity contribution in [2.24, 2.45) is 0 Å². The number of carbonyl (C=O) groups excluding carboxylic acids is 3. The number of amides is 3. The molecule has 0 aliphatic rings. The number of hydrogen-bond donors (Lipinski definition) is 3. The minimum Gasteiger partial charge on any atom is -0.296 e. The first-order valence-electron chi connectivity index (χ1n) is 4.42. The standard InChI is InChI=1S/C9H6F3N3O3/c10-7(16)13-4-2-1-3-5(14-8(11)17)6(4)15-9(12)18/h1-3H,(H,13,16)(H,14,17)(H,15,18). The van der Waals surface area contributed by atoms with Crippen molar-refractivity contribution in [2.45, 2.75) is 0 Å². The maximum atomic E-state index is 12.3. The zero-order valence-corrected chi connectivity index (χ0v) is 8.59. The second-order valence-electron chi connectivity index (χ2n) is 2.92. The third-order valence-electron chi connectivity index (χ3n) is 1.75. The Morgan fingerprint density at radius 3 is 1.50 bits per heavy atom. The third kappa shape index (κ3) is 3.77. The summed E-state index contributed by atoms with van der Waals surface area (Å²) in [5.74, 6) is 0. The van der Waals surface area contributed by atoms with Gasteiger partial charge in [-0.05, 0) is 12.1 Å². The Morgan fingerprint density at radius 1 is 0.778 bits per heavy atom. The molecule has 1 rings (SSSR count). The van der Waals surface area contributed by atoms with Gasteiger partial charge in [0.2, 0.25) is 0 Å². The Labute approximate surface area is 98.2 Å². The van der Waals surface area contributed by atoms with E-state index in [4.69, 9.17) is 0 Å². The van der Waals surface area contributed by atoms with E-state index >= 15 is 0 Å². The fraction of sp³-hybridized carbons (Fsp3) is 0. The molecule has 96 valence electrons. The summed E-state index contributed by atoms with van der Waals surface area (Å²) in [6, 6.07) is 3.43. The molecule has 0 aromatic heterocycles. The molecule has 3 N–H and O–H groups in total. The average Bonchev–Trinajstić information content (AvgIpc) is 2.20. The molecule has 0 saturated heterocycles. The van der Waals surface area contributed by atoms with E-state index in [0.29, 0.717) is 0 Å².